The van der Waals surface area contributed by atoms with Gasteiger partial charge in [0.25, 0.3) is 21.9 Å². The quantitative estimate of drug-likeness (QED) is 0.183. The third kappa shape index (κ3) is 6.16. The molecule has 4 amide bonds. The fraction of sp³-hybridized carbons (Fsp3) is 0.407. The zero-order valence-corrected chi connectivity index (χ0v) is 22.7. The first-order valence-electron chi connectivity index (χ1n) is 12.6. The number of piperidine rings is 1. The van der Waals surface area contributed by atoms with Crippen molar-refractivity contribution >= 4 is 45.5 Å². The zero-order chi connectivity index (χ0) is 27.4. The van der Waals surface area contributed by atoms with Crippen LogP contribution in [-0.2, 0) is 26.1 Å². The summed E-state index contributed by atoms with van der Waals surface area (Å²) in [4.78, 5) is 51.5. The van der Waals surface area contributed by atoms with Crippen LogP contribution in [0.1, 0.15) is 76.8 Å². The molecule has 4 rings (SSSR count). The number of aryl methyl sites for hydroxylation is 2. The van der Waals surface area contributed by atoms with Crippen LogP contribution >= 0.6 is 11.8 Å². The van der Waals surface area contributed by atoms with Gasteiger partial charge in [-0.25, -0.2) is 0 Å². The molecule has 0 bridgehead atoms. The second-order valence-electron chi connectivity index (χ2n) is 9.58. The van der Waals surface area contributed by atoms with Gasteiger partial charge in [0, 0.05) is 11.3 Å². The molecule has 2 heterocycles. The van der Waals surface area contributed by atoms with E-state index >= 15 is 0 Å². The number of hydrogen-bond donors (Lipinski definition) is 2. The molecule has 2 aliphatic heterocycles. The normalized spacial score (nSPS) is 17.6. The van der Waals surface area contributed by atoms with Crippen molar-refractivity contribution in [3.63, 3.8) is 0 Å². The van der Waals surface area contributed by atoms with Gasteiger partial charge in [-0.15, -0.1) is 11.8 Å². The second kappa shape index (κ2) is 11.8. The van der Waals surface area contributed by atoms with E-state index in [1.165, 1.54) is 17.8 Å². The number of carbonyl (C=O) groups is 4. The molecule has 2 aromatic carbocycles. The molecule has 0 spiro atoms. The topological polar surface area (TPSA) is 138 Å². The van der Waals surface area contributed by atoms with Crippen molar-refractivity contribution in [1.29, 1.82) is 0 Å². The van der Waals surface area contributed by atoms with E-state index in [0.717, 1.165) is 48.3 Å². The Morgan fingerprint density at radius 3 is 2.47 bits per heavy atom. The van der Waals surface area contributed by atoms with Gasteiger partial charge in [0.05, 0.1) is 16.0 Å². The molecule has 9 nitrogen and oxygen atoms in total. The standard InChI is InChI=1S/C27H30N2O7S2/c1-17-11-13-22(38(34,35)36)18(16-17)8-5-3-2-4-6-15-37-21-10-7-9-19-24(21)27(33)29(26(19)32)20-12-14-23(30)28-25(20)31/h7,9-11,13,16,20H,2-6,8,12,14-15H2,1H3,(H,28,30,31)(H,34,35,36). The molecular weight excluding hydrogens is 528 g/mol. The fourth-order valence-corrected chi connectivity index (χ4v) is 6.71. The summed E-state index contributed by atoms with van der Waals surface area (Å²) in [5.41, 5.74) is 2.17. The van der Waals surface area contributed by atoms with Crippen LogP contribution in [0, 0.1) is 6.92 Å². The molecular formula is C27H30N2O7S2. The summed E-state index contributed by atoms with van der Waals surface area (Å²) in [6, 6.07) is 9.05. The van der Waals surface area contributed by atoms with Crippen molar-refractivity contribution in [2.45, 2.75) is 74.1 Å². The SMILES string of the molecule is Cc1ccc(S(=O)(=O)O)c(CCCCCCCSc2cccc3c2C(=O)N(C2CCC(=O)NC2=O)C3=O)c1. The van der Waals surface area contributed by atoms with Crippen molar-refractivity contribution in [3.05, 3.63) is 58.7 Å². The number of hydrogen-bond acceptors (Lipinski definition) is 7. The van der Waals surface area contributed by atoms with Crippen LogP contribution in [0.2, 0.25) is 0 Å². The monoisotopic (exact) mass is 558 g/mol. The first-order valence-corrected chi connectivity index (χ1v) is 15.0. The Labute approximate surface area is 226 Å². The number of amides is 4. The van der Waals surface area contributed by atoms with Crippen LogP contribution in [0.25, 0.3) is 0 Å². The Morgan fingerprint density at radius 1 is 1.00 bits per heavy atom. The predicted octanol–water partition coefficient (Wildman–Crippen LogP) is 3.93. The van der Waals surface area contributed by atoms with Gasteiger partial charge in [0.1, 0.15) is 6.04 Å². The van der Waals surface area contributed by atoms with E-state index in [0.29, 0.717) is 22.4 Å². The molecule has 1 saturated heterocycles. The molecule has 1 atom stereocenters. The third-order valence-electron chi connectivity index (χ3n) is 6.77. The van der Waals surface area contributed by atoms with Gasteiger partial charge in [-0.3, -0.25) is 33.9 Å². The summed E-state index contributed by atoms with van der Waals surface area (Å²) in [7, 11) is -4.24. The Hall–Kier alpha value is -3.02. The van der Waals surface area contributed by atoms with Crippen LogP contribution < -0.4 is 5.32 Å². The highest BCUT2D eigenvalue weighted by atomic mass is 32.2. The molecule has 11 heteroatoms. The average molecular weight is 559 g/mol. The molecule has 38 heavy (non-hydrogen) atoms. The minimum Gasteiger partial charge on any atom is -0.295 e. The Kier molecular flexibility index (Phi) is 8.69. The molecule has 0 aliphatic carbocycles. The van der Waals surface area contributed by atoms with E-state index in [1.54, 1.807) is 30.3 Å². The molecule has 0 saturated carbocycles. The van der Waals surface area contributed by atoms with E-state index in [-0.39, 0.29) is 23.3 Å². The molecule has 2 N–H and O–H groups in total. The van der Waals surface area contributed by atoms with Crippen LogP contribution in [0.3, 0.4) is 0 Å². The number of fused-ring (bicyclic) bond motifs is 1. The molecule has 0 aromatic heterocycles. The van der Waals surface area contributed by atoms with Crippen LogP contribution in [-0.4, -0.2) is 53.3 Å². The number of imide groups is 2. The van der Waals surface area contributed by atoms with Gasteiger partial charge in [0.2, 0.25) is 11.8 Å². The summed E-state index contributed by atoms with van der Waals surface area (Å²) < 4.78 is 32.7. The Bertz CT molecular complexity index is 1390. The van der Waals surface area contributed by atoms with E-state index in [2.05, 4.69) is 5.32 Å². The lowest BCUT2D eigenvalue weighted by molar-refractivity contribution is -0.136. The number of rotatable bonds is 11. The summed E-state index contributed by atoms with van der Waals surface area (Å²) in [5.74, 6) is -1.28. The maximum Gasteiger partial charge on any atom is 0.294 e. The smallest absolute Gasteiger partial charge is 0.294 e. The van der Waals surface area contributed by atoms with Crippen molar-refractivity contribution in [2.75, 3.05) is 5.75 Å². The maximum atomic E-state index is 13.2. The van der Waals surface area contributed by atoms with E-state index in [9.17, 15) is 32.1 Å². The summed E-state index contributed by atoms with van der Waals surface area (Å²) in [5, 5.41) is 2.21. The lowest BCUT2D eigenvalue weighted by Crippen LogP contribution is -2.54. The molecule has 2 aromatic rings. The van der Waals surface area contributed by atoms with E-state index < -0.39 is 39.8 Å². The maximum absolute atomic E-state index is 13.2. The van der Waals surface area contributed by atoms with Gasteiger partial charge in [-0.1, -0.05) is 43.0 Å². The second-order valence-corrected chi connectivity index (χ2v) is 12.1. The summed E-state index contributed by atoms with van der Waals surface area (Å²) in [6.45, 7) is 1.88. The van der Waals surface area contributed by atoms with Crippen molar-refractivity contribution in [1.82, 2.24) is 10.2 Å². The zero-order valence-electron chi connectivity index (χ0n) is 21.1. The fourth-order valence-electron chi connectivity index (χ4n) is 4.89. The highest BCUT2D eigenvalue weighted by Crippen LogP contribution is 2.34. The van der Waals surface area contributed by atoms with Gasteiger partial charge in [-0.05, 0) is 62.1 Å². The van der Waals surface area contributed by atoms with Crippen molar-refractivity contribution in [2.24, 2.45) is 0 Å². The predicted molar refractivity (Wildman–Crippen MR) is 142 cm³/mol. The van der Waals surface area contributed by atoms with Gasteiger partial charge in [-0.2, -0.15) is 8.42 Å². The number of nitrogens with zero attached hydrogens (tertiary/aromatic N) is 1. The van der Waals surface area contributed by atoms with E-state index in [1.807, 2.05) is 6.92 Å². The Balaban J connectivity index is 1.25. The highest BCUT2D eigenvalue weighted by molar-refractivity contribution is 7.99. The minimum atomic E-state index is -4.24. The average Bonchev–Trinajstić information content (AvgIpc) is 3.10. The lowest BCUT2D eigenvalue weighted by atomic mass is 10.0. The number of nitrogens with one attached hydrogen (secondary N) is 1. The molecule has 1 unspecified atom stereocenters. The largest absolute Gasteiger partial charge is 0.295 e. The first-order chi connectivity index (χ1) is 18.1. The number of thioether (sulfide) groups is 1. The molecule has 0 radical (unpaired) electrons. The van der Waals surface area contributed by atoms with Crippen LogP contribution in [0.5, 0.6) is 0 Å². The van der Waals surface area contributed by atoms with Gasteiger partial charge >= 0.3 is 0 Å². The molecule has 202 valence electrons. The van der Waals surface area contributed by atoms with Crippen molar-refractivity contribution in [3.8, 4) is 0 Å². The highest BCUT2D eigenvalue weighted by Gasteiger charge is 2.45. The van der Waals surface area contributed by atoms with E-state index in [4.69, 9.17) is 0 Å². The number of unbranched alkanes of at least 4 members (excludes halogenated alkanes) is 4. The lowest BCUT2D eigenvalue weighted by Gasteiger charge is -2.27. The first kappa shape index (κ1) is 28.0. The van der Waals surface area contributed by atoms with Crippen LogP contribution in [0.15, 0.2) is 46.2 Å². The number of carbonyl (C=O) groups excluding carboxylic acids is 4. The number of benzene rings is 2. The van der Waals surface area contributed by atoms with Gasteiger partial charge < -0.3 is 0 Å². The molecule has 1 fully saturated rings. The third-order valence-corrected chi connectivity index (χ3v) is 8.87. The summed E-state index contributed by atoms with van der Waals surface area (Å²) in [6.07, 6.45) is 5.31. The van der Waals surface area contributed by atoms with Crippen molar-refractivity contribution < 1.29 is 32.1 Å². The van der Waals surface area contributed by atoms with Crippen LogP contribution in [0.4, 0.5) is 0 Å². The Morgan fingerprint density at radius 2 is 1.74 bits per heavy atom. The molecule has 2 aliphatic rings. The minimum absolute atomic E-state index is 0.0286. The summed E-state index contributed by atoms with van der Waals surface area (Å²) >= 11 is 1.50. The van der Waals surface area contributed by atoms with Gasteiger partial charge in [0.15, 0.2) is 0 Å².